The molecule has 0 unspecified atom stereocenters. The van der Waals surface area contributed by atoms with Crippen molar-refractivity contribution in [1.29, 1.82) is 0 Å². The highest BCUT2D eigenvalue weighted by Crippen LogP contribution is 2.26. The van der Waals surface area contributed by atoms with E-state index in [2.05, 4.69) is 5.32 Å². The van der Waals surface area contributed by atoms with Gasteiger partial charge in [0.2, 0.25) is 0 Å². The van der Waals surface area contributed by atoms with E-state index in [9.17, 15) is 14.4 Å². The highest BCUT2D eigenvalue weighted by molar-refractivity contribution is 7.80. The van der Waals surface area contributed by atoms with Crippen LogP contribution in [-0.2, 0) is 22.6 Å². The average molecular weight is 487 g/mol. The predicted octanol–water partition coefficient (Wildman–Crippen LogP) is 4.36. The van der Waals surface area contributed by atoms with Gasteiger partial charge in [-0.15, -0.1) is 0 Å². The monoisotopic (exact) mass is 486 g/mol. The van der Waals surface area contributed by atoms with Crippen LogP contribution in [0, 0.1) is 0 Å². The van der Waals surface area contributed by atoms with Crippen LogP contribution in [0.25, 0.3) is 6.08 Å². The molecule has 0 aliphatic carbocycles. The molecule has 1 aliphatic heterocycles. The number of hydrogen-bond acceptors (Lipinski definition) is 5. The third kappa shape index (κ3) is 5.28. The zero-order chi connectivity index (χ0) is 24.9. The molecular weight excluding hydrogens is 464 g/mol. The predicted molar refractivity (Wildman–Crippen MR) is 136 cm³/mol. The van der Waals surface area contributed by atoms with E-state index >= 15 is 0 Å². The van der Waals surface area contributed by atoms with Crippen molar-refractivity contribution in [1.82, 2.24) is 5.32 Å². The minimum Gasteiger partial charge on any atom is -0.489 e. The molecule has 0 atom stereocenters. The molecule has 3 aromatic rings. The lowest BCUT2D eigenvalue weighted by Crippen LogP contribution is -2.54. The normalized spacial score (nSPS) is 14.7. The number of ether oxygens (including phenoxy) is 1. The lowest BCUT2D eigenvalue weighted by atomic mass is 10.0. The largest absolute Gasteiger partial charge is 0.489 e. The molecule has 1 saturated heterocycles. The number of nitrogens with one attached hydrogen (secondary N) is 1. The number of para-hydroxylation sites is 1. The number of carboxylic acid groups (broad SMARTS) is 1. The SMILES string of the molecule is CCc1ccccc1N1C(=O)/C(=C/c2ccc(OCc3cccc(C(=O)O)c3)cc2)C(=O)NC1=S. The third-order valence-corrected chi connectivity index (χ3v) is 5.77. The van der Waals surface area contributed by atoms with Gasteiger partial charge in [-0.1, -0.05) is 49.4 Å². The van der Waals surface area contributed by atoms with Crippen molar-refractivity contribution in [2.45, 2.75) is 20.0 Å². The molecule has 4 rings (SSSR count). The molecule has 0 bridgehead atoms. The Morgan fingerprint density at radius 2 is 1.80 bits per heavy atom. The first-order valence-electron chi connectivity index (χ1n) is 10.9. The Morgan fingerprint density at radius 3 is 2.51 bits per heavy atom. The van der Waals surface area contributed by atoms with E-state index in [1.165, 1.54) is 17.0 Å². The Hall–Kier alpha value is -4.30. The molecule has 176 valence electrons. The number of anilines is 1. The number of rotatable bonds is 7. The maximum atomic E-state index is 13.3. The van der Waals surface area contributed by atoms with Crippen molar-refractivity contribution >= 4 is 46.9 Å². The van der Waals surface area contributed by atoms with Gasteiger partial charge in [-0.25, -0.2) is 4.79 Å². The van der Waals surface area contributed by atoms with E-state index in [1.54, 1.807) is 48.5 Å². The zero-order valence-electron chi connectivity index (χ0n) is 18.9. The number of aromatic carboxylic acids is 1. The second-order valence-electron chi connectivity index (χ2n) is 7.80. The van der Waals surface area contributed by atoms with E-state index in [1.807, 2.05) is 25.1 Å². The molecule has 8 heteroatoms. The lowest BCUT2D eigenvalue weighted by Gasteiger charge is -2.30. The van der Waals surface area contributed by atoms with Crippen LogP contribution in [0.4, 0.5) is 5.69 Å². The molecule has 1 heterocycles. The average Bonchev–Trinajstić information content (AvgIpc) is 2.86. The zero-order valence-corrected chi connectivity index (χ0v) is 19.7. The summed E-state index contributed by atoms with van der Waals surface area (Å²) < 4.78 is 5.74. The van der Waals surface area contributed by atoms with E-state index in [0.717, 1.165) is 11.1 Å². The molecular formula is C27H22N2O5S. The molecule has 0 aromatic heterocycles. The van der Waals surface area contributed by atoms with Gasteiger partial charge in [-0.2, -0.15) is 0 Å². The minimum atomic E-state index is -0.997. The molecule has 0 spiro atoms. The highest BCUT2D eigenvalue weighted by atomic mass is 32.1. The lowest BCUT2D eigenvalue weighted by molar-refractivity contribution is -0.122. The molecule has 3 aromatic carbocycles. The topological polar surface area (TPSA) is 95.9 Å². The van der Waals surface area contributed by atoms with Crippen molar-refractivity contribution in [3.8, 4) is 5.75 Å². The summed E-state index contributed by atoms with van der Waals surface area (Å²) in [6.45, 7) is 2.18. The standard InChI is InChI=1S/C27H22N2O5S/c1-2-19-7-3-4-9-23(19)29-25(31)22(24(30)28-27(29)35)15-17-10-12-21(13-11-17)34-16-18-6-5-8-20(14-18)26(32)33/h3-15H,2,16H2,1H3,(H,32,33)(H,28,30,35)/b22-15+. The van der Waals surface area contributed by atoms with Gasteiger partial charge in [0.25, 0.3) is 11.8 Å². The summed E-state index contributed by atoms with van der Waals surface area (Å²) >= 11 is 5.29. The molecule has 2 amide bonds. The highest BCUT2D eigenvalue weighted by Gasteiger charge is 2.35. The summed E-state index contributed by atoms with van der Waals surface area (Å²) in [6, 6.07) is 20.8. The van der Waals surface area contributed by atoms with Crippen LogP contribution in [-0.4, -0.2) is 28.0 Å². The first-order valence-corrected chi connectivity index (χ1v) is 11.3. The summed E-state index contributed by atoms with van der Waals surface area (Å²) in [5.74, 6) is -1.47. The molecule has 7 nitrogen and oxygen atoms in total. The summed E-state index contributed by atoms with van der Waals surface area (Å²) in [6.07, 6.45) is 2.22. The van der Waals surface area contributed by atoms with Gasteiger partial charge in [-0.05, 0) is 71.7 Å². The van der Waals surface area contributed by atoms with Gasteiger partial charge >= 0.3 is 5.97 Å². The molecule has 35 heavy (non-hydrogen) atoms. The van der Waals surface area contributed by atoms with Crippen LogP contribution in [0.15, 0.2) is 78.4 Å². The molecule has 0 radical (unpaired) electrons. The Bertz CT molecular complexity index is 1350. The van der Waals surface area contributed by atoms with Gasteiger partial charge in [0, 0.05) is 0 Å². The van der Waals surface area contributed by atoms with Crippen molar-refractivity contribution in [3.05, 3.63) is 101 Å². The first-order chi connectivity index (χ1) is 16.9. The number of thiocarbonyl (C=S) groups is 1. The molecule has 0 saturated carbocycles. The van der Waals surface area contributed by atoms with Gasteiger partial charge in [0.05, 0.1) is 11.3 Å². The van der Waals surface area contributed by atoms with Crippen molar-refractivity contribution < 1.29 is 24.2 Å². The number of hydrogen-bond donors (Lipinski definition) is 2. The number of amides is 2. The quantitative estimate of drug-likeness (QED) is 0.293. The molecule has 1 aliphatic rings. The van der Waals surface area contributed by atoms with Gasteiger partial charge in [-0.3, -0.25) is 19.8 Å². The Morgan fingerprint density at radius 1 is 1.06 bits per heavy atom. The van der Waals surface area contributed by atoms with Crippen LogP contribution in [0.5, 0.6) is 5.75 Å². The van der Waals surface area contributed by atoms with Crippen molar-refractivity contribution in [3.63, 3.8) is 0 Å². The summed E-state index contributed by atoms with van der Waals surface area (Å²) in [5.41, 5.74) is 3.12. The Balaban J connectivity index is 1.52. The number of carbonyl (C=O) groups is 3. The van der Waals surface area contributed by atoms with Crippen LogP contribution in [0.2, 0.25) is 0 Å². The fraction of sp³-hybridized carbons (Fsp3) is 0.111. The van der Waals surface area contributed by atoms with E-state index in [4.69, 9.17) is 22.1 Å². The first kappa shape index (κ1) is 23.8. The van der Waals surface area contributed by atoms with Crippen LogP contribution >= 0.6 is 12.2 Å². The Labute approximate surface area is 207 Å². The van der Waals surface area contributed by atoms with Gasteiger partial charge in [0.15, 0.2) is 5.11 Å². The van der Waals surface area contributed by atoms with Gasteiger partial charge < -0.3 is 9.84 Å². The molecule has 2 N–H and O–H groups in total. The van der Waals surface area contributed by atoms with Crippen molar-refractivity contribution in [2.75, 3.05) is 4.90 Å². The minimum absolute atomic E-state index is 0.0244. The maximum Gasteiger partial charge on any atom is 0.335 e. The maximum absolute atomic E-state index is 13.3. The summed E-state index contributed by atoms with van der Waals surface area (Å²) in [5, 5.41) is 11.8. The smallest absolute Gasteiger partial charge is 0.335 e. The van der Waals surface area contributed by atoms with E-state index in [-0.39, 0.29) is 22.9 Å². The summed E-state index contributed by atoms with van der Waals surface area (Å²) in [4.78, 5) is 38.3. The Kier molecular flexibility index (Phi) is 7.03. The number of carbonyl (C=O) groups excluding carboxylic acids is 2. The summed E-state index contributed by atoms with van der Waals surface area (Å²) in [7, 11) is 0. The fourth-order valence-electron chi connectivity index (χ4n) is 3.69. The number of nitrogens with zero attached hydrogens (tertiary/aromatic N) is 1. The number of carboxylic acids is 1. The van der Waals surface area contributed by atoms with Crippen LogP contribution in [0.3, 0.4) is 0 Å². The van der Waals surface area contributed by atoms with E-state index in [0.29, 0.717) is 23.4 Å². The number of benzene rings is 3. The molecule has 1 fully saturated rings. The second-order valence-corrected chi connectivity index (χ2v) is 8.19. The van der Waals surface area contributed by atoms with Crippen LogP contribution in [0.1, 0.15) is 34.0 Å². The van der Waals surface area contributed by atoms with Crippen molar-refractivity contribution in [2.24, 2.45) is 0 Å². The third-order valence-electron chi connectivity index (χ3n) is 5.49. The second kappa shape index (κ2) is 10.3. The number of aryl methyl sites for hydroxylation is 1. The van der Waals surface area contributed by atoms with E-state index < -0.39 is 17.8 Å². The fourth-order valence-corrected chi connectivity index (χ4v) is 3.97. The van der Waals surface area contributed by atoms with Crippen LogP contribution < -0.4 is 15.0 Å². The van der Waals surface area contributed by atoms with Gasteiger partial charge in [0.1, 0.15) is 17.9 Å².